The van der Waals surface area contributed by atoms with Gasteiger partial charge in [0.25, 0.3) is 0 Å². The number of rotatable bonds is 4. The molecule has 0 saturated carbocycles. The van der Waals surface area contributed by atoms with Gasteiger partial charge in [0, 0.05) is 10.9 Å². The fraction of sp³-hybridized carbons (Fsp3) is 0.0588. The van der Waals surface area contributed by atoms with Gasteiger partial charge in [0.1, 0.15) is 18.2 Å². The van der Waals surface area contributed by atoms with Crippen molar-refractivity contribution in [2.45, 2.75) is 6.61 Å². The largest absolute Gasteiger partial charge is 0.487 e. The number of hydrogen-bond acceptors (Lipinski definition) is 4. The number of pyridine rings is 1. The molecule has 0 aliphatic heterocycles. The molecule has 3 rings (SSSR count). The highest BCUT2D eigenvalue weighted by Crippen LogP contribution is 2.16. The standard InChI is InChI=1S/C17H16N4O/c18-17(21-19)13-6-9-15(10-7-13)22-11-14-8-5-12-3-1-2-4-16(12)20-14/h1-10H,11,19H2,(H2,18,21). The van der Waals surface area contributed by atoms with Gasteiger partial charge in [-0.25, -0.2) is 4.98 Å². The van der Waals surface area contributed by atoms with E-state index in [9.17, 15) is 0 Å². The number of para-hydroxylation sites is 1. The average molecular weight is 292 g/mol. The van der Waals surface area contributed by atoms with E-state index in [2.05, 4.69) is 10.1 Å². The van der Waals surface area contributed by atoms with Gasteiger partial charge in [-0.2, -0.15) is 5.10 Å². The Morgan fingerprint density at radius 1 is 1.00 bits per heavy atom. The Bertz CT molecular complexity index is 812. The van der Waals surface area contributed by atoms with Crippen LogP contribution in [0.2, 0.25) is 0 Å². The smallest absolute Gasteiger partial charge is 0.150 e. The number of amidine groups is 1. The van der Waals surface area contributed by atoms with Crippen molar-refractivity contribution < 1.29 is 4.74 Å². The van der Waals surface area contributed by atoms with E-state index in [1.807, 2.05) is 60.7 Å². The molecule has 22 heavy (non-hydrogen) atoms. The average Bonchev–Trinajstić information content (AvgIpc) is 2.59. The van der Waals surface area contributed by atoms with E-state index >= 15 is 0 Å². The molecule has 2 aromatic carbocycles. The summed E-state index contributed by atoms with van der Waals surface area (Å²) in [5.74, 6) is 6.18. The third kappa shape index (κ3) is 2.98. The maximum absolute atomic E-state index is 5.73. The second-order valence-electron chi connectivity index (χ2n) is 4.82. The van der Waals surface area contributed by atoms with Crippen LogP contribution in [0.5, 0.6) is 5.75 Å². The number of benzene rings is 2. The fourth-order valence-corrected chi connectivity index (χ4v) is 2.14. The Morgan fingerprint density at radius 2 is 1.77 bits per heavy atom. The lowest BCUT2D eigenvalue weighted by Gasteiger charge is -2.07. The zero-order valence-corrected chi connectivity index (χ0v) is 11.9. The van der Waals surface area contributed by atoms with Crippen LogP contribution >= 0.6 is 0 Å². The van der Waals surface area contributed by atoms with Gasteiger partial charge in [-0.15, -0.1) is 0 Å². The van der Waals surface area contributed by atoms with Crippen LogP contribution in [0, 0.1) is 0 Å². The number of fused-ring (bicyclic) bond motifs is 1. The summed E-state index contributed by atoms with van der Waals surface area (Å²) in [5.41, 5.74) is 8.24. The van der Waals surface area contributed by atoms with Crippen LogP contribution in [0.4, 0.5) is 0 Å². The number of aromatic nitrogens is 1. The van der Waals surface area contributed by atoms with E-state index < -0.39 is 0 Å². The quantitative estimate of drug-likeness (QED) is 0.334. The summed E-state index contributed by atoms with van der Waals surface area (Å²) in [7, 11) is 0. The highest BCUT2D eigenvalue weighted by molar-refractivity contribution is 5.97. The number of hydrazone groups is 1. The number of ether oxygens (including phenoxy) is 1. The lowest BCUT2D eigenvalue weighted by molar-refractivity contribution is 0.302. The highest BCUT2D eigenvalue weighted by atomic mass is 16.5. The number of nitrogens with zero attached hydrogens (tertiary/aromatic N) is 2. The van der Waals surface area contributed by atoms with Crippen LogP contribution in [0.1, 0.15) is 11.3 Å². The summed E-state index contributed by atoms with van der Waals surface area (Å²) < 4.78 is 5.73. The molecule has 0 fully saturated rings. The summed E-state index contributed by atoms with van der Waals surface area (Å²) in [4.78, 5) is 4.57. The lowest BCUT2D eigenvalue weighted by Crippen LogP contribution is -2.15. The molecule has 4 N–H and O–H groups in total. The normalized spacial score (nSPS) is 11.5. The summed E-state index contributed by atoms with van der Waals surface area (Å²) in [6.07, 6.45) is 0. The molecule has 0 spiro atoms. The zero-order valence-electron chi connectivity index (χ0n) is 11.9. The molecule has 5 heteroatoms. The minimum atomic E-state index is 0.294. The first-order chi connectivity index (χ1) is 10.8. The molecule has 0 aliphatic rings. The monoisotopic (exact) mass is 292 g/mol. The Morgan fingerprint density at radius 3 is 2.55 bits per heavy atom. The van der Waals surface area contributed by atoms with Crippen molar-refractivity contribution in [3.63, 3.8) is 0 Å². The van der Waals surface area contributed by atoms with Crippen LogP contribution in [-0.2, 0) is 6.61 Å². The molecule has 0 aliphatic carbocycles. The fourth-order valence-electron chi connectivity index (χ4n) is 2.14. The minimum Gasteiger partial charge on any atom is -0.487 e. The summed E-state index contributed by atoms with van der Waals surface area (Å²) in [6, 6.07) is 19.3. The molecule has 110 valence electrons. The van der Waals surface area contributed by atoms with Crippen LogP contribution in [0.25, 0.3) is 10.9 Å². The van der Waals surface area contributed by atoms with E-state index in [0.29, 0.717) is 12.4 Å². The molecule has 0 unspecified atom stereocenters. The van der Waals surface area contributed by atoms with Crippen molar-refractivity contribution in [1.82, 2.24) is 4.98 Å². The summed E-state index contributed by atoms with van der Waals surface area (Å²) in [5, 5.41) is 4.57. The molecule has 5 nitrogen and oxygen atoms in total. The first-order valence-corrected chi connectivity index (χ1v) is 6.87. The second kappa shape index (κ2) is 6.13. The maximum atomic E-state index is 5.73. The van der Waals surface area contributed by atoms with E-state index in [0.717, 1.165) is 27.9 Å². The third-order valence-electron chi connectivity index (χ3n) is 3.33. The van der Waals surface area contributed by atoms with Crippen molar-refractivity contribution in [2.75, 3.05) is 0 Å². The molecule has 3 aromatic rings. The van der Waals surface area contributed by atoms with Gasteiger partial charge in [0.05, 0.1) is 11.2 Å². The van der Waals surface area contributed by atoms with Gasteiger partial charge in [-0.1, -0.05) is 24.3 Å². The zero-order chi connectivity index (χ0) is 15.4. The van der Waals surface area contributed by atoms with Gasteiger partial charge < -0.3 is 16.3 Å². The van der Waals surface area contributed by atoms with Crippen molar-refractivity contribution in [3.05, 3.63) is 71.9 Å². The molecule has 0 atom stereocenters. The van der Waals surface area contributed by atoms with Crippen LogP contribution in [0.3, 0.4) is 0 Å². The van der Waals surface area contributed by atoms with Crippen LogP contribution < -0.4 is 16.3 Å². The van der Waals surface area contributed by atoms with Crippen LogP contribution in [-0.4, -0.2) is 10.8 Å². The maximum Gasteiger partial charge on any atom is 0.150 e. The second-order valence-corrected chi connectivity index (χ2v) is 4.82. The van der Waals surface area contributed by atoms with Gasteiger partial charge in [-0.05, 0) is 36.4 Å². The first-order valence-electron chi connectivity index (χ1n) is 6.87. The molecule has 1 heterocycles. The molecule has 0 radical (unpaired) electrons. The third-order valence-corrected chi connectivity index (χ3v) is 3.33. The topological polar surface area (TPSA) is 86.5 Å². The molecular weight excluding hydrogens is 276 g/mol. The summed E-state index contributed by atoms with van der Waals surface area (Å²) in [6.45, 7) is 0.407. The molecule has 1 aromatic heterocycles. The Balaban J connectivity index is 1.71. The van der Waals surface area contributed by atoms with Crippen molar-refractivity contribution >= 4 is 16.7 Å². The molecule has 0 saturated heterocycles. The van der Waals surface area contributed by atoms with E-state index in [1.165, 1.54) is 0 Å². The molecule has 0 bridgehead atoms. The van der Waals surface area contributed by atoms with E-state index in [-0.39, 0.29) is 0 Å². The van der Waals surface area contributed by atoms with Gasteiger partial charge in [-0.3, -0.25) is 0 Å². The predicted molar refractivity (Wildman–Crippen MR) is 87.4 cm³/mol. The summed E-state index contributed by atoms with van der Waals surface area (Å²) >= 11 is 0. The Labute approximate surface area is 128 Å². The van der Waals surface area contributed by atoms with Crippen molar-refractivity contribution in [3.8, 4) is 5.75 Å². The van der Waals surface area contributed by atoms with E-state index in [1.54, 1.807) is 0 Å². The van der Waals surface area contributed by atoms with Gasteiger partial charge in [0.2, 0.25) is 0 Å². The molecule has 0 amide bonds. The number of hydrogen-bond donors (Lipinski definition) is 2. The van der Waals surface area contributed by atoms with Gasteiger partial charge in [0.15, 0.2) is 0 Å². The van der Waals surface area contributed by atoms with E-state index in [4.69, 9.17) is 16.3 Å². The Hall–Kier alpha value is -3.08. The minimum absolute atomic E-state index is 0.294. The first kappa shape index (κ1) is 13.9. The number of nitrogens with two attached hydrogens (primary N) is 2. The van der Waals surface area contributed by atoms with Crippen molar-refractivity contribution in [1.29, 1.82) is 0 Å². The molecular formula is C17H16N4O. The lowest BCUT2D eigenvalue weighted by atomic mass is 10.2. The highest BCUT2D eigenvalue weighted by Gasteiger charge is 2.01. The van der Waals surface area contributed by atoms with Gasteiger partial charge >= 0.3 is 0 Å². The SMILES string of the molecule is N/N=C(\N)c1ccc(OCc2ccc3ccccc3n2)cc1. The Kier molecular flexibility index (Phi) is 3.87. The van der Waals surface area contributed by atoms with Crippen LogP contribution in [0.15, 0.2) is 65.8 Å². The predicted octanol–water partition coefficient (Wildman–Crippen LogP) is 2.39. The van der Waals surface area contributed by atoms with Crippen molar-refractivity contribution in [2.24, 2.45) is 16.7 Å².